The maximum Gasteiger partial charge on any atom is 0.260 e. The van der Waals surface area contributed by atoms with Gasteiger partial charge >= 0.3 is 0 Å². The molecule has 0 aliphatic carbocycles. The van der Waals surface area contributed by atoms with Crippen LogP contribution in [0.5, 0.6) is 5.75 Å². The van der Waals surface area contributed by atoms with E-state index in [1.807, 2.05) is 29.6 Å². The van der Waals surface area contributed by atoms with Gasteiger partial charge in [-0.25, -0.2) is 18.4 Å². The van der Waals surface area contributed by atoms with Gasteiger partial charge in [0.05, 0.1) is 23.8 Å². The summed E-state index contributed by atoms with van der Waals surface area (Å²) in [7, 11) is -0.0264. The van der Waals surface area contributed by atoms with Crippen LogP contribution in [0.4, 0.5) is 11.6 Å². The summed E-state index contributed by atoms with van der Waals surface area (Å²) in [6.45, 7) is 2.28. The summed E-state index contributed by atoms with van der Waals surface area (Å²) in [5.41, 5.74) is 1.72. The molecule has 5 aromatic rings. The summed E-state index contributed by atoms with van der Waals surface area (Å²) in [5.74, 6) is 0.980. The molecule has 234 valence electrons. The molecule has 1 fully saturated rings. The lowest BCUT2D eigenvalue weighted by molar-refractivity contribution is 0.104. The number of hydrogen-bond donors (Lipinski definition) is 1. The van der Waals surface area contributed by atoms with Crippen molar-refractivity contribution in [2.45, 2.75) is 30.4 Å². The topological polar surface area (TPSA) is 129 Å². The first-order valence-electron chi connectivity index (χ1n) is 14.6. The zero-order valence-corrected chi connectivity index (χ0v) is 26.7. The zero-order valence-electron chi connectivity index (χ0n) is 25.0. The van der Waals surface area contributed by atoms with Gasteiger partial charge in [-0.2, -0.15) is 4.98 Å². The smallest absolute Gasteiger partial charge is 0.260 e. The van der Waals surface area contributed by atoms with Crippen LogP contribution >= 0.6 is 11.3 Å². The minimum Gasteiger partial charge on any atom is -0.489 e. The molecule has 1 atom stereocenters. The number of hydrogen-bond acceptors (Lipinski definition) is 11. The molecule has 0 saturated carbocycles. The van der Waals surface area contributed by atoms with Gasteiger partial charge in [-0.3, -0.25) is 9.36 Å². The number of benzene rings is 2. The summed E-state index contributed by atoms with van der Waals surface area (Å²) in [6.07, 6.45) is 5.68. The van der Waals surface area contributed by atoms with Crippen LogP contribution in [0.15, 0.2) is 82.1 Å². The van der Waals surface area contributed by atoms with Gasteiger partial charge in [0.2, 0.25) is 5.95 Å². The quantitative estimate of drug-likeness (QED) is 0.217. The lowest BCUT2D eigenvalue weighted by Crippen LogP contribution is -2.38. The van der Waals surface area contributed by atoms with Gasteiger partial charge in [0.25, 0.3) is 5.56 Å². The summed E-state index contributed by atoms with van der Waals surface area (Å²) < 4.78 is 38.4. The highest BCUT2D eigenvalue weighted by atomic mass is 32.2. The Bertz CT molecular complexity index is 1950. The highest BCUT2D eigenvalue weighted by molar-refractivity contribution is 7.91. The van der Waals surface area contributed by atoms with E-state index in [2.05, 4.69) is 27.2 Å². The van der Waals surface area contributed by atoms with Crippen molar-refractivity contribution in [3.63, 3.8) is 0 Å². The Labute approximate surface area is 265 Å². The van der Waals surface area contributed by atoms with Crippen LogP contribution in [0.1, 0.15) is 17.8 Å². The van der Waals surface area contributed by atoms with E-state index in [4.69, 9.17) is 14.5 Å². The normalized spacial score (nSPS) is 15.7. The van der Waals surface area contributed by atoms with Crippen molar-refractivity contribution in [3.05, 3.63) is 87.7 Å². The zero-order chi connectivity index (χ0) is 31.4. The monoisotopic (exact) mass is 646 g/mol. The Morgan fingerprint density at radius 1 is 1.11 bits per heavy atom. The SMILES string of the molecule is COCCS(=O)(=O)c1cccc(-c2cc3cnc(Nc4ccc(OC5CCCN(C)C5)cc4)nc3n(Cc3nccs3)c2=O)c1. The minimum absolute atomic E-state index is 0.0765. The third-order valence-electron chi connectivity index (χ3n) is 7.66. The van der Waals surface area contributed by atoms with Gasteiger partial charge in [-0.05, 0) is 74.5 Å². The van der Waals surface area contributed by atoms with Crippen molar-refractivity contribution in [2.24, 2.45) is 0 Å². The number of piperidine rings is 1. The standard InChI is InChI=1S/C32H34N6O5S2/c1-37-13-4-6-26(20-37)43-25-10-8-24(9-11-25)35-32-34-19-23-18-28(22-5-3-7-27(17-22)45(40,41)16-14-42-2)31(39)38(30(23)36-32)21-29-33-12-15-44-29/h3,5,7-12,15,17-19,26H,4,6,13-14,16,20-21H2,1-2H3,(H,34,35,36). The summed E-state index contributed by atoms with van der Waals surface area (Å²) in [4.78, 5) is 30.0. The number of pyridine rings is 1. The van der Waals surface area contributed by atoms with Crippen molar-refractivity contribution in [1.82, 2.24) is 24.4 Å². The third-order valence-corrected chi connectivity index (χ3v) is 10.1. The lowest BCUT2D eigenvalue weighted by Gasteiger charge is -2.30. The number of likely N-dealkylation sites (N-methyl/N-ethyl adjacent to an activating group) is 1. The number of fused-ring (bicyclic) bond motifs is 1. The molecule has 1 saturated heterocycles. The van der Waals surface area contributed by atoms with E-state index in [0.717, 1.165) is 42.4 Å². The number of thiazole rings is 1. The van der Waals surface area contributed by atoms with Crippen molar-refractivity contribution in [1.29, 1.82) is 0 Å². The molecular formula is C32H34N6O5S2. The number of anilines is 2. The lowest BCUT2D eigenvalue weighted by atomic mass is 10.1. The van der Waals surface area contributed by atoms with Crippen LogP contribution in [0, 0.1) is 0 Å². The van der Waals surface area contributed by atoms with E-state index in [9.17, 15) is 13.2 Å². The Morgan fingerprint density at radius 2 is 1.96 bits per heavy atom. The molecule has 0 amide bonds. The average molecular weight is 647 g/mol. The summed E-state index contributed by atoms with van der Waals surface area (Å²) in [6, 6.07) is 15.8. The van der Waals surface area contributed by atoms with Crippen LogP contribution < -0.4 is 15.6 Å². The molecule has 11 nitrogen and oxygen atoms in total. The van der Waals surface area contributed by atoms with E-state index < -0.39 is 9.84 Å². The molecule has 0 bridgehead atoms. The highest BCUT2D eigenvalue weighted by Crippen LogP contribution is 2.26. The molecule has 0 spiro atoms. The Kier molecular flexibility index (Phi) is 9.21. The second-order valence-electron chi connectivity index (χ2n) is 11.0. The summed E-state index contributed by atoms with van der Waals surface area (Å²) in [5, 5.41) is 6.45. The third kappa shape index (κ3) is 7.22. The van der Waals surface area contributed by atoms with Gasteiger partial charge in [-0.1, -0.05) is 12.1 Å². The van der Waals surface area contributed by atoms with Crippen LogP contribution in [-0.4, -0.2) is 78.5 Å². The van der Waals surface area contributed by atoms with Gasteiger partial charge in [0.15, 0.2) is 9.84 Å². The molecule has 13 heteroatoms. The predicted octanol–water partition coefficient (Wildman–Crippen LogP) is 4.60. The molecule has 6 rings (SSSR count). The van der Waals surface area contributed by atoms with Crippen molar-refractivity contribution in [2.75, 3.05) is 44.9 Å². The van der Waals surface area contributed by atoms with Crippen LogP contribution in [0.3, 0.4) is 0 Å². The predicted molar refractivity (Wildman–Crippen MR) is 175 cm³/mol. The number of nitrogens with one attached hydrogen (secondary N) is 1. The first-order chi connectivity index (χ1) is 21.8. The first-order valence-corrected chi connectivity index (χ1v) is 17.2. The first kappa shape index (κ1) is 30.8. The van der Waals surface area contributed by atoms with E-state index in [1.165, 1.54) is 30.6 Å². The molecule has 0 radical (unpaired) electrons. The Balaban J connectivity index is 1.32. The molecule has 1 unspecified atom stereocenters. The van der Waals surface area contributed by atoms with Crippen molar-refractivity contribution in [3.8, 4) is 16.9 Å². The van der Waals surface area contributed by atoms with Gasteiger partial charge in [0, 0.05) is 48.1 Å². The van der Waals surface area contributed by atoms with Crippen LogP contribution in [0.2, 0.25) is 0 Å². The second-order valence-corrected chi connectivity index (χ2v) is 14.1. The summed E-state index contributed by atoms with van der Waals surface area (Å²) >= 11 is 1.44. The molecule has 2 aromatic carbocycles. The van der Waals surface area contributed by atoms with Gasteiger partial charge in [0.1, 0.15) is 22.5 Å². The van der Waals surface area contributed by atoms with Crippen molar-refractivity contribution < 1.29 is 17.9 Å². The fourth-order valence-electron chi connectivity index (χ4n) is 5.36. The molecular weight excluding hydrogens is 613 g/mol. The fraction of sp³-hybridized carbons (Fsp3) is 0.312. The van der Waals surface area contributed by atoms with Crippen LogP contribution in [0.25, 0.3) is 22.2 Å². The molecule has 1 N–H and O–H groups in total. The van der Waals surface area contributed by atoms with Crippen molar-refractivity contribution >= 4 is 43.8 Å². The number of likely N-dealkylation sites (tertiary alicyclic amines) is 1. The maximum absolute atomic E-state index is 14.0. The van der Waals surface area contributed by atoms with Gasteiger partial charge in [-0.15, -0.1) is 11.3 Å². The van der Waals surface area contributed by atoms with E-state index in [0.29, 0.717) is 28.1 Å². The largest absolute Gasteiger partial charge is 0.489 e. The molecule has 1 aliphatic rings. The Morgan fingerprint density at radius 3 is 2.71 bits per heavy atom. The molecule has 45 heavy (non-hydrogen) atoms. The number of methoxy groups -OCH3 is 1. The average Bonchev–Trinajstić information content (AvgIpc) is 3.56. The minimum atomic E-state index is -3.59. The van der Waals surface area contributed by atoms with E-state index >= 15 is 0 Å². The van der Waals surface area contributed by atoms with Crippen LogP contribution in [-0.2, 0) is 21.1 Å². The number of rotatable bonds is 11. The highest BCUT2D eigenvalue weighted by Gasteiger charge is 2.20. The Hall–Kier alpha value is -4.17. The number of sulfone groups is 1. The number of aromatic nitrogens is 4. The van der Waals surface area contributed by atoms with E-state index in [1.54, 1.807) is 35.2 Å². The molecule has 3 aromatic heterocycles. The fourth-order valence-corrected chi connectivity index (χ4v) is 7.18. The van der Waals surface area contributed by atoms with E-state index in [-0.39, 0.29) is 35.5 Å². The molecule has 1 aliphatic heterocycles. The molecule has 4 heterocycles. The second kappa shape index (κ2) is 13.4. The maximum atomic E-state index is 14.0. The number of nitrogens with zero attached hydrogens (tertiary/aromatic N) is 5. The van der Waals surface area contributed by atoms with Gasteiger partial charge < -0.3 is 19.7 Å². The number of ether oxygens (including phenoxy) is 2.